The van der Waals surface area contributed by atoms with Crippen LogP contribution in [-0.2, 0) is 0 Å². The van der Waals surface area contributed by atoms with Gasteiger partial charge in [-0.25, -0.2) is 4.98 Å². The summed E-state index contributed by atoms with van der Waals surface area (Å²) in [7, 11) is 0. The monoisotopic (exact) mass is 340 g/mol. The molecule has 2 nitrogen and oxygen atoms in total. The van der Waals surface area contributed by atoms with Crippen molar-refractivity contribution in [2.24, 2.45) is 0 Å². The second-order valence-corrected chi connectivity index (χ2v) is 5.64. The van der Waals surface area contributed by atoms with Crippen LogP contribution in [0, 0.1) is 0 Å². The summed E-state index contributed by atoms with van der Waals surface area (Å²) in [6, 6.07) is 11.4. The second kappa shape index (κ2) is 4.57. The summed E-state index contributed by atoms with van der Waals surface area (Å²) >= 11 is 15.5. The van der Waals surface area contributed by atoms with Crippen LogP contribution in [0.15, 0.2) is 40.9 Å². The minimum Gasteiger partial charge on any atom is -0.338 e. The third kappa shape index (κ3) is 2.14. The first kappa shape index (κ1) is 12.0. The van der Waals surface area contributed by atoms with Gasteiger partial charge in [0.15, 0.2) is 0 Å². The van der Waals surface area contributed by atoms with Gasteiger partial charge in [0, 0.05) is 15.1 Å². The molecule has 2 aromatic carbocycles. The molecule has 0 saturated heterocycles. The number of halogens is 3. The minimum absolute atomic E-state index is 0.551. The van der Waals surface area contributed by atoms with Crippen LogP contribution in [0.25, 0.3) is 22.4 Å². The van der Waals surface area contributed by atoms with Gasteiger partial charge in [-0.3, -0.25) is 0 Å². The number of hydrogen-bond acceptors (Lipinski definition) is 1. The molecule has 0 unspecified atom stereocenters. The number of fused-ring (bicyclic) bond motifs is 1. The van der Waals surface area contributed by atoms with Crippen LogP contribution < -0.4 is 0 Å². The van der Waals surface area contributed by atoms with E-state index in [0.717, 1.165) is 26.9 Å². The van der Waals surface area contributed by atoms with Gasteiger partial charge >= 0.3 is 0 Å². The van der Waals surface area contributed by atoms with Crippen molar-refractivity contribution in [3.05, 3.63) is 50.9 Å². The zero-order valence-corrected chi connectivity index (χ0v) is 12.1. The van der Waals surface area contributed by atoms with E-state index in [1.54, 1.807) is 6.07 Å². The first-order valence-electron chi connectivity index (χ1n) is 5.24. The number of hydrogen-bond donors (Lipinski definition) is 1. The van der Waals surface area contributed by atoms with Crippen LogP contribution in [0.1, 0.15) is 0 Å². The molecular formula is C13H7BrCl2N2. The lowest BCUT2D eigenvalue weighted by atomic mass is 10.2. The molecule has 0 aliphatic carbocycles. The number of nitrogens with zero attached hydrogens (tertiary/aromatic N) is 1. The van der Waals surface area contributed by atoms with E-state index >= 15 is 0 Å². The van der Waals surface area contributed by atoms with Gasteiger partial charge in [0.1, 0.15) is 11.3 Å². The Kier molecular flexibility index (Phi) is 3.06. The smallest absolute Gasteiger partial charge is 0.138 e. The minimum atomic E-state index is 0.551. The average molecular weight is 342 g/mol. The van der Waals surface area contributed by atoms with Crippen molar-refractivity contribution in [3.63, 3.8) is 0 Å². The van der Waals surface area contributed by atoms with Crippen LogP contribution in [0.4, 0.5) is 0 Å². The van der Waals surface area contributed by atoms with E-state index in [9.17, 15) is 0 Å². The third-order valence-electron chi connectivity index (χ3n) is 2.60. The fourth-order valence-corrected chi connectivity index (χ4v) is 2.75. The summed E-state index contributed by atoms with van der Waals surface area (Å²) < 4.78 is 1.00. The molecule has 3 rings (SSSR count). The fourth-order valence-electron chi connectivity index (χ4n) is 1.81. The SMILES string of the molecule is Clc1cc(Cl)c2nc(-c3cccc(Br)c3)[nH]c2c1. The maximum absolute atomic E-state index is 6.12. The Morgan fingerprint density at radius 2 is 1.94 bits per heavy atom. The molecule has 0 aliphatic heterocycles. The largest absolute Gasteiger partial charge is 0.338 e. The van der Waals surface area contributed by atoms with E-state index < -0.39 is 0 Å². The molecule has 0 amide bonds. The topological polar surface area (TPSA) is 28.7 Å². The molecule has 0 fully saturated rings. The van der Waals surface area contributed by atoms with Crippen LogP contribution in [-0.4, -0.2) is 9.97 Å². The van der Waals surface area contributed by atoms with Crippen molar-refractivity contribution in [1.82, 2.24) is 9.97 Å². The lowest BCUT2D eigenvalue weighted by Crippen LogP contribution is -1.79. The van der Waals surface area contributed by atoms with Gasteiger partial charge in [-0.05, 0) is 24.3 Å². The summed E-state index contributed by atoms with van der Waals surface area (Å²) in [5.74, 6) is 0.774. The predicted octanol–water partition coefficient (Wildman–Crippen LogP) is 5.30. The van der Waals surface area contributed by atoms with E-state index in [4.69, 9.17) is 23.2 Å². The molecule has 90 valence electrons. The number of H-pyrrole nitrogens is 1. The molecule has 0 aliphatic rings. The lowest BCUT2D eigenvalue weighted by molar-refractivity contribution is 1.33. The van der Waals surface area contributed by atoms with E-state index in [1.165, 1.54) is 0 Å². The van der Waals surface area contributed by atoms with Gasteiger partial charge < -0.3 is 4.98 Å². The molecule has 0 radical (unpaired) electrons. The summed E-state index contributed by atoms with van der Waals surface area (Å²) in [6.07, 6.45) is 0. The average Bonchev–Trinajstić information content (AvgIpc) is 2.73. The Balaban J connectivity index is 2.22. The first-order valence-corrected chi connectivity index (χ1v) is 6.79. The molecule has 18 heavy (non-hydrogen) atoms. The quantitative estimate of drug-likeness (QED) is 0.639. The van der Waals surface area contributed by atoms with Crippen molar-refractivity contribution in [3.8, 4) is 11.4 Å². The lowest BCUT2D eigenvalue weighted by Gasteiger charge is -1.96. The van der Waals surface area contributed by atoms with Crippen molar-refractivity contribution in [2.45, 2.75) is 0 Å². The maximum Gasteiger partial charge on any atom is 0.138 e. The Hall–Kier alpha value is -1.03. The van der Waals surface area contributed by atoms with E-state index in [1.807, 2.05) is 30.3 Å². The molecule has 0 atom stereocenters. The molecule has 1 N–H and O–H groups in total. The highest BCUT2D eigenvalue weighted by atomic mass is 79.9. The number of benzene rings is 2. The fraction of sp³-hybridized carbons (Fsp3) is 0. The standard InChI is InChI=1S/C13H7BrCl2N2/c14-8-3-1-2-7(4-8)13-17-11-6-9(15)5-10(16)12(11)18-13/h1-6H,(H,17,18). The molecular weight excluding hydrogens is 335 g/mol. The second-order valence-electron chi connectivity index (χ2n) is 3.88. The van der Waals surface area contributed by atoms with Crippen molar-refractivity contribution in [1.29, 1.82) is 0 Å². The first-order chi connectivity index (χ1) is 8.63. The summed E-state index contributed by atoms with van der Waals surface area (Å²) in [6.45, 7) is 0. The molecule has 3 aromatic rings. The van der Waals surface area contributed by atoms with Gasteiger partial charge in [-0.1, -0.05) is 51.3 Å². The molecule has 0 bridgehead atoms. The highest BCUT2D eigenvalue weighted by molar-refractivity contribution is 9.10. The van der Waals surface area contributed by atoms with Crippen molar-refractivity contribution in [2.75, 3.05) is 0 Å². The highest BCUT2D eigenvalue weighted by Gasteiger charge is 2.09. The van der Waals surface area contributed by atoms with Gasteiger partial charge in [-0.2, -0.15) is 0 Å². The Morgan fingerprint density at radius 1 is 1.11 bits per heavy atom. The number of aromatic nitrogens is 2. The zero-order valence-electron chi connectivity index (χ0n) is 9.05. The normalized spacial score (nSPS) is 11.1. The van der Waals surface area contributed by atoms with Gasteiger partial charge in [-0.15, -0.1) is 0 Å². The van der Waals surface area contributed by atoms with E-state index in [0.29, 0.717) is 10.0 Å². The van der Waals surface area contributed by atoms with Crippen LogP contribution in [0.2, 0.25) is 10.0 Å². The Labute approximate surface area is 122 Å². The zero-order chi connectivity index (χ0) is 12.7. The molecule has 1 aromatic heterocycles. The van der Waals surface area contributed by atoms with Gasteiger partial charge in [0.05, 0.1) is 10.5 Å². The van der Waals surface area contributed by atoms with E-state index in [2.05, 4.69) is 25.9 Å². The number of nitrogens with one attached hydrogen (secondary N) is 1. The van der Waals surface area contributed by atoms with Gasteiger partial charge in [0.2, 0.25) is 0 Å². The highest BCUT2D eigenvalue weighted by Crippen LogP contribution is 2.29. The van der Waals surface area contributed by atoms with E-state index in [-0.39, 0.29) is 0 Å². The molecule has 5 heteroatoms. The maximum atomic E-state index is 6.12. The molecule has 0 saturated carbocycles. The van der Waals surface area contributed by atoms with Crippen molar-refractivity contribution < 1.29 is 0 Å². The predicted molar refractivity (Wildman–Crippen MR) is 79.2 cm³/mol. The third-order valence-corrected chi connectivity index (χ3v) is 3.60. The number of aromatic amines is 1. The Bertz CT molecular complexity index is 737. The summed E-state index contributed by atoms with van der Waals surface area (Å²) in [5.41, 5.74) is 2.56. The molecule has 1 heterocycles. The number of imidazole rings is 1. The van der Waals surface area contributed by atoms with Crippen LogP contribution >= 0.6 is 39.1 Å². The van der Waals surface area contributed by atoms with Crippen molar-refractivity contribution >= 4 is 50.2 Å². The Morgan fingerprint density at radius 3 is 2.72 bits per heavy atom. The number of rotatable bonds is 1. The summed E-state index contributed by atoms with van der Waals surface area (Å²) in [4.78, 5) is 7.72. The van der Waals surface area contributed by atoms with Crippen LogP contribution in [0.5, 0.6) is 0 Å². The summed E-state index contributed by atoms with van der Waals surface area (Å²) in [5, 5.41) is 1.15. The van der Waals surface area contributed by atoms with Gasteiger partial charge in [0.25, 0.3) is 0 Å². The molecule has 0 spiro atoms. The van der Waals surface area contributed by atoms with Crippen LogP contribution in [0.3, 0.4) is 0 Å².